The number of amides is 1. The van der Waals surface area contributed by atoms with Crippen LogP contribution in [0, 0.1) is 13.8 Å². The lowest BCUT2D eigenvalue weighted by atomic mass is 10.1. The first-order chi connectivity index (χ1) is 16.2. The summed E-state index contributed by atoms with van der Waals surface area (Å²) in [5.41, 5.74) is 7.70. The largest absolute Gasteiger partial charge is 0.383 e. The van der Waals surface area contributed by atoms with Crippen LogP contribution in [0.25, 0.3) is 5.69 Å². The Labute approximate surface area is 203 Å². The number of rotatable bonds is 9. The fourth-order valence-electron chi connectivity index (χ4n) is 3.78. The topological polar surface area (TPSA) is 119 Å². The SMILES string of the molecule is CCCCN(C(=O)c1ccc(-n2nc(C)c(Cl)c2C)cc1)c1c(N)n(CCCC)c(=O)[nH]c1=O. The number of nitrogens with one attached hydrogen (secondary N) is 1. The molecule has 0 aliphatic heterocycles. The van der Waals surface area contributed by atoms with E-state index in [0.29, 0.717) is 30.1 Å². The van der Waals surface area contributed by atoms with Crippen molar-refractivity contribution in [3.8, 4) is 5.69 Å². The lowest BCUT2D eigenvalue weighted by Crippen LogP contribution is -2.41. The van der Waals surface area contributed by atoms with Gasteiger partial charge in [0.1, 0.15) is 5.82 Å². The molecule has 3 N–H and O–H groups in total. The molecular formula is C24H31ClN6O3. The lowest BCUT2D eigenvalue weighted by Gasteiger charge is -2.24. The molecule has 1 amide bonds. The van der Waals surface area contributed by atoms with Crippen molar-refractivity contribution < 1.29 is 4.79 Å². The molecule has 9 nitrogen and oxygen atoms in total. The van der Waals surface area contributed by atoms with Crippen LogP contribution in [0.4, 0.5) is 11.5 Å². The number of carbonyl (C=O) groups is 1. The third-order valence-corrected chi connectivity index (χ3v) is 6.31. The molecule has 182 valence electrons. The van der Waals surface area contributed by atoms with Gasteiger partial charge in [0.2, 0.25) is 0 Å². The molecule has 0 atom stereocenters. The molecule has 0 aliphatic rings. The number of nitrogens with two attached hydrogens (primary N) is 1. The normalized spacial score (nSPS) is 11.1. The molecule has 3 rings (SSSR count). The molecule has 0 saturated carbocycles. The average molecular weight is 487 g/mol. The maximum Gasteiger partial charge on any atom is 0.330 e. The molecule has 2 heterocycles. The number of anilines is 2. The molecule has 0 aliphatic carbocycles. The number of aromatic amines is 1. The number of nitrogens with zero attached hydrogens (tertiary/aromatic N) is 4. The van der Waals surface area contributed by atoms with Crippen LogP contribution in [0.5, 0.6) is 0 Å². The molecular weight excluding hydrogens is 456 g/mol. The number of hydrogen-bond donors (Lipinski definition) is 2. The van der Waals surface area contributed by atoms with Gasteiger partial charge in [-0.1, -0.05) is 38.3 Å². The highest BCUT2D eigenvalue weighted by atomic mass is 35.5. The fourth-order valence-corrected chi connectivity index (χ4v) is 3.90. The third kappa shape index (κ3) is 4.94. The summed E-state index contributed by atoms with van der Waals surface area (Å²) in [4.78, 5) is 42.3. The molecule has 3 aromatic rings. The second kappa shape index (κ2) is 10.7. The van der Waals surface area contributed by atoms with Crippen LogP contribution >= 0.6 is 11.6 Å². The standard InChI is InChI=1S/C24H31ClN6O3/c1-5-7-13-29(20-21(26)30(14-8-6-2)24(34)27-22(20)32)23(33)17-9-11-18(12-10-17)31-16(4)19(25)15(3)28-31/h9-12H,5-8,13-14,26H2,1-4H3,(H,27,32,34). The number of halogens is 1. The first kappa shape index (κ1) is 25.3. The summed E-state index contributed by atoms with van der Waals surface area (Å²) in [5.74, 6) is -0.371. The van der Waals surface area contributed by atoms with Crippen molar-refractivity contribution in [2.45, 2.75) is 59.9 Å². The maximum atomic E-state index is 13.5. The molecule has 34 heavy (non-hydrogen) atoms. The van der Waals surface area contributed by atoms with Crippen molar-refractivity contribution in [1.29, 1.82) is 0 Å². The zero-order valence-corrected chi connectivity index (χ0v) is 20.8. The van der Waals surface area contributed by atoms with Crippen molar-refractivity contribution in [2.75, 3.05) is 17.2 Å². The van der Waals surface area contributed by atoms with Crippen LogP contribution in [-0.4, -0.2) is 31.8 Å². The molecule has 10 heteroatoms. The molecule has 0 bridgehead atoms. The Morgan fingerprint density at radius 3 is 2.32 bits per heavy atom. The summed E-state index contributed by atoms with van der Waals surface area (Å²) in [6.07, 6.45) is 3.05. The molecule has 0 fully saturated rings. The van der Waals surface area contributed by atoms with Crippen LogP contribution < -0.4 is 21.9 Å². The number of H-pyrrole nitrogens is 1. The predicted octanol–water partition coefficient (Wildman–Crippen LogP) is 3.82. The number of nitrogen functional groups attached to an aromatic ring is 1. The molecule has 1 aromatic carbocycles. The average Bonchev–Trinajstić information content (AvgIpc) is 3.07. The van der Waals surface area contributed by atoms with Gasteiger partial charge >= 0.3 is 5.69 Å². The Hall–Kier alpha value is -3.33. The lowest BCUT2D eigenvalue weighted by molar-refractivity contribution is 0.0986. The van der Waals surface area contributed by atoms with E-state index in [1.807, 2.05) is 27.7 Å². The minimum absolute atomic E-state index is 0.000515. The van der Waals surface area contributed by atoms with Gasteiger partial charge in [-0.05, 0) is 51.0 Å². The number of benzene rings is 1. The maximum absolute atomic E-state index is 13.5. The molecule has 0 saturated heterocycles. The van der Waals surface area contributed by atoms with E-state index in [9.17, 15) is 14.4 Å². The smallest absolute Gasteiger partial charge is 0.330 e. The van der Waals surface area contributed by atoms with Crippen molar-refractivity contribution >= 4 is 29.0 Å². The van der Waals surface area contributed by atoms with E-state index in [0.717, 1.165) is 36.3 Å². The first-order valence-corrected chi connectivity index (χ1v) is 11.9. The van der Waals surface area contributed by atoms with E-state index in [-0.39, 0.29) is 17.4 Å². The van der Waals surface area contributed by atoms with Crippen molar-refractivity contribution in [3.63, 3.8) is 0 Å². The minimum atomic E-state index is -0.673. The highest BCUT2D eigenvalue weighted by Gasteiger charge is 2.25. The van der Waals surface area contributed by atoms with E-state index in [1.54, 1.807) is 28.9 Å². The number of unbranched alkanes of at least 4 members (excludes halogenated alkanes) is 2. The number of hydrogen-bond acceptors (Lipinski definition) is 5. The van der Waals surface area contributed by atoms with Crippen molar-refractivity contribution in [2.24, 2.45) is 0 Å². The molecule has 0 unspecified atom stereocenters. The summed E-state index contributed by atoms with van der Waals surface area (Å²) >= 11 is 6.26. The van der Waals surface area contributed by atoms with E-state index in [2.05, 4.69) is 10.1 Å². The quantitative estimate of drug-likeness (QED) is 0.476. The first-order valence-electron chi connectivity index (χ1n) is 11.5. The van der Waals surface area contributed by atoms with E-state index in [1.165, 1.54) is 9.47 Å². The summed E-state index contributed by atoms with van der Waals surface area (Å²) in [6, 6.07) is 6.91. The van der Waals surface area contributed by atoms with Crippen molar-refractivity contribution in [3.05, 3.63) is 67.1 Å². The highest BCUT2D eigenvalue weighted by Crippen LogP contribution is 2.24. The van der Waals surface area contributed by atoms with Gasteiger partial charge in [-0.25, -0.2) is 9.48 Å². The zero-order chi connectivity index (χ0) is 25.0. The van der Waals surface area contributed by atoms with Gasteiger partial charge in [-0.3, -0.25) is 19.1 Å². The summed E-state index contributed by atoms with van der Waals surface area (Å²) in [7, 11) is 0. The van der Waals surface area contributed by atoms with Gasteiger partial charge in [-0.2, -0.15) is 5.10 Å². The van der Waals surface area contributed by atoms with Gasteiger partial charge < -0.3 is 10.6 Å². The number of carbonyl (C=O) groups excluding carboxylic acids is 1. The van der Waals surface area contributed by atoms with Gasteiger partial charge in [-0.15, -0.1) is 0 Å². The van der Waals surface area contributed by atoms with Crippen LogP contribution in [0.1, 0.15) is 61.3 Å². The Kier molecular flexibility index (Phi) is 7.98. The Morgan fingerprint density at radius 1 is 1.12 bits per heavy atom. The third-order valence-electron chi connectivity index (χ3n) is 5.76. The summed E-state index contributed by atoms with van der Waals surface area (Å²) in [5, 5.41) is 5.03. The summed E-state index contributed by atoms with van der Waals surface area (Å²) < 4.78 is 3.04. The van der Waals surface area contributed by atoms with Gasteiger partial charge in [0.05, 0.1) is 22.1 Å². The Bertz CT molecular complexity index is 1290. The monoisotopic (exact) mass is 486 g/mol. The highest BCUT2D eigenvalue weighted by molar-refractivity contribution is 6.31. The van der Waals surface area contributed by atoms with E-state index >= 15 is 0 Å². The van der Waals surface area contributed by atoms with Gasteiger partial charge in [0, 0.05) is 18.7 Å². The minimum Gasteiger partial charge on any atom is -0.383 e. The molecule has 2 aromatic heterocycles. The fraction of sp³-hybridized carbons (Fsp3) is 0.417. The zero-order valence-electron chi connectivity index (χ0n) is 20.0. The number of aryl methyl sites for hydroxylation is 1. The van der Waals surface area contributed by atoms with Crippen molar-refractivity contribution in [1.82, 2.24) is 19.3 Å². The Balaban J connectivity index is 2.02. The summed E-state index contributed by atoms with van der Waals surface area (Å²) in [6.45, 7) is 8.35. The second-order valence-corrected chi connectivity index (χ2v) is 8.63. The van der Waals surface area contributed by atoms with E-state index < -0.39 is 11.2 Å². The molecule has 0 radical (unpaired) electrons. The van der Waals surface area contributed by atoms with Crippen LogP contribution in [-0.2, 0) is 6.54 Å². The molecule has 0 spiro atoms. The van der Waals surface area contributed by atoms with Gasteiger partial charge in [0.15, 0.2) is 5.69 Å². The van der Waals surface area contributed by atoms with Crippen LogP contribution in [0.15, 0.2) is 33.9 Å². The Morgan fingerprint density at radius 2 is 1.76 bits per heavy atom. The second-order valence-electron chi connectivity index (χ2n) is 8.25. The van der Waals surface area contributed by atoms with Crippen LogP contribution in [0.2, 0.25) is 5.02 Å². The van der Waals surface area contributed by atoms with E-state index in [4.69, 9.17) is 17.3 Å². The number of aromatic nitrogens is 4. The van der Waals surface area contributed by atoms with Crippen LogP contribution in [0.3, 0.4) is 0 Å². The van der Waals surface area contributed by atoms with Gasteiger partial charge in [0.25, 0.3) is 11.5 Å². The predicted molar refractivity (Wildman–Crippen MR) is 135 cm³/mol.